The highest BCUT2D eigenvalue weighted by Gasteiger charge is 2.33. The molecule has 1 saturated carbocycles. The van der Waals surface area contributed by atoms with Crippen LogP contribution in [0.25, 0.3) is 0 Å². The molecule has 2 atom stereocenters. The van der Waals surface area contributed by atoms with Gasteiger partial charge in [0.1, 0.15) is 0 Å². The molecule has 0 amide bonds. The van der Waals surface area contributed by atoms with Gasteiger partial charge in [0.2, 0.25) is 0 Å². The lowest BCUT2D eigenvalue weighted by molar-refractivity contribution is 0.427. The van der Waals surface area contributed by atoms with Gasteiger partial charge < -0.3 is 5.32 Å². The van der Waals surface area contributed by atoms with Crippen LogP contribution in [0.1, 0.15) is 49.9 Å². The quantitative estimate of drug-likeness (QED) is 0.866. The van der Waals surface area contributed by atoms with Gasteiger partial charge in [0.25, 0.3) is 0 Å². The van der Waals surface area contributed by atoms with E-state index >= 15 is 0 Å². The maximum Gasteiger partial charge on any atom is 0.0537 e. The van der Waals surface area contributed by atoms with Gasteiger partial charge in [-0.15, -0.1) is 0 Å². The molecule has 3 heteroatoms. The van der Waals surface area contributed by atoms with Crippen molar-refractivity contribution < 1.29 is 0 Å². The van der Waals surface area contributed by atoms with Gasteiger partial charge in [0.15, 0.2) is 0 Å². The SMILES string of the molecule is CCn1cc(C(C)NC(c2ccccc2)C2CC2)cn1. The molecule has 1 N–H and O–H groups in total. The Morgan fingerprint density at radius 1 is 1.25 bits per heavy atom. The van der Waals surface area contributed by atoms with Crippen molar-refractivity contribution in [3.05, 3.63) is 53.9 Å². The smallest absolute Gasteiger partial charge is 0.0537 e. The third-order valence-corrected chi connectivity index (χ3v) is 4.16. The number of rotatable bonds is 6. The van der Waals surface area contributed by atoms with Crippen LogP contribution in [0.15, 0.2) is 42.7 Å². The van der Waals surface area contributed by atoms with Crippen LogP contribution in [-0.2, 0) is 6.54 Å². The lowest BCUT2D eigenvalue weighted by Crippen LogP contribution is -2.26. The Kier molecular flexibility index (Phi) is 3.88. The number of nitrogens with zero attached hydrogens (tertiary/aromatic N) is 2. The van der Waals surface area contributed by atoms with E-state index in [2.05, 4.69) is 60.8 Å². The summed E-state index contributed by atoms with van der Waals surface area (Å²) in [6.45, 7) is 5.28. The minimum Gasteiger partial charge on any atom is -0.303 e. The highest BCUT2D eigenvalue weighted by Crippen LogP contribution is 2.42. The molecule has 0 aliphatic heterocycles. The van der Waals surface area contributed by atoms with Crippen molar-refractivity contribution in [3.8, 4) is 0 Å². The lowest BCUT2D eigenvalue weighted by Gasteiger charge is -2.23. The van der Waals surface area contributed by atoms with Crippen molar-refractivity contribution in [2.24, 2.45) is 5.92 Å². The van der Waals surface area contributed by atoms with Gasteiger partial charge in [-0.3, -0.25) is 4.68 Å². The Morgan fingerprint density at radius 2 is 2.00 bits per heavy atom. The summed E-state index contributed by atoms with van der Waals surface area (Å²) >= 11 is 0. The third-order valence-electron chi connectivity index (χ3n) is 4.16. The standard InChI is InChI=1S/C17H23N3/c1-3-20-12-16(11-18-20)13(2)19-17(15-9-10-15)14-7-5-4-6-8-14/h4-8,11-13,15,17,19H,3,9-10H2,1-2H3. The van der Waals surface area contributed by atoms with Crippen molar-refractivity contribution in [2.75, 3.05) is 0 Å². The normalized spacial score (nSPS) is 17.9. The number of nitrogens with one attached hydrogen (secondary N) is 1. The molecule has 0 spiro atoms. The minimum atomic E-state index is 0.334. The Bertz CT molecular complexity index is 542. The molecule has 1 aliphatic carbocycles. The molecule has 1 heterocycles. The van der Waals surface area contributed by atoms with E-state index in [0.717, 1.165) is 12.5 Å². The van der Waals surface area contributed by atoms with Crippen LogP contribution in [0.3, 0.4) is 0 Å². The van der Waals surface area contributed by atoms with Crippen LogP contribution in [0.5, 0.6) is 0 Å². The second-order valence-corrected chi connectivity index (χ2v) is 5.74. The Morgan fingerprint density at radius 3 is 2.60 bits per heavy atom. The van der Waals surface area contributed by atoms with Gasteiger partial charge in [0.05, 0.1) is 6.20 Å². The lowest BCUT2D eigenvalue weighted by atomic mass is 10.0. The molecular formula is C17H23N3. The van der Waals surface area contributed by atoms with Crippen molar-refractivity contribution in [3.63, 3.8) is 0 Å². The third kappa shape index (κ3) is 2.93. The summed E-state index contributed by atoms with van der Waals surface area (Å²) in [4.78, 5) is 0. The minimum absolute atomic E-state index is 0.334. The molecule has 0 saturated heterocycles. The fraction of sp³-hybridized carbons (Fsp3) is 0.471. The van der Waals surface area contributed by atoms with E-state index < -0.39 is 0 Å². The molecular weight excluding hydrogens is 246 g/mol. The average Bonchev–Trinajstić information content (AvgIpc) is 3.21. The topological polar surface area (TPSA) is 29.9 Å². The van der Waals surface area contributed by atoms with E-state index in [4.69, 9.17) is 0 Å². The molecule has 0 bridgehead atoms. The molecule has 2 unspecified atom stereocenters. The Labute approximate surface area is 121 Å². The van der Waals surface area contributed by atoms with Gasteiger partial charge in [-0.1, -0.05) is 30.3 Å². The van der Waals surface area contributed by atoms with E-state index in [1.165, 1.54) is 24.0 Å². The first-order chi connectivity index (χ1) is 9.78. The Balaban J connectivity index is 1.73. The summed E-state index contributed by atoms with van der Waals surface area (Å²) in [5.74, 6) is 0.793. The summed E-state index contributed by atoms with van der Waals surface area (Å²) < 4.78 is 1.99. The molecule has 0 radical (unpaired) electrons. The van der Waals surface area contributed by atoms with E-state index in [0.29, 0.717) is 12.1 Å². The van der Waals surface area contributed by atoms with Gasteiger partial charge in [0, 0.05) is 30.4 Å². The van der Waals surface area contributed by atoms with Gasteiger partial charge in [-0.2, -0.15) is 5.10 Å². The fourth-order valence-electron chi connectivity index (χ4n) is 2.74. The molecule has 1 aromatic heterocycles. The zero-order valence-electron chi connectivity index (χ0n) is 12.3. The monoisotopic (exact) mass is 269 g/mol. The number of benzene rings is 1. The number of hydrogen-bond donors (Lipinski definition) is 1. The van der Waals surface area contributed by atoms with Crippen molar-refractivity contribution in [2.45, 2.75) is 45.3 Å². The van der Waals surface area contributed by atoms with Crippen LogP contribution in [0.2, 0.25) is 0 Å². The fourth-order valence-corrected chi connectivity index (χ4v) is 2.74. The molecule has 20 heavy (non-hydrogen) atoms. The molecule has 1 fully saturated rings. The summed E-state index contributed by atoms with van der Waals surface area (Å²) in [6, 6.07) is 11.6. The number of aromatic nitrogens is 2. The molecule has 106 valence electrons. The number of hydrogen-bond acceptors (Lipinski definition) is 2. The predicted molar refractivity (Wildman–Crippen MR) is 81.4 cm³/mol. The van der Waals surface area contributed by atoms with Gasteiger partial charge in [-0.05, 0) is 38.2 Å². The predicted octanol–water partition coefficient (Wildman–Crippen LogP) is 3.70. The maximum absolute atomic E-state index is 4.37. The summed E-state index contributed by atoms with van der Waals surface area (Å²) in [6.07, 6.45) is 6.81. The largest absolute Gasteiger partial charge is 0.303 e. The Hall–Kier alpha value is -1.61. The first kappa shape index (κ1) is 13.4. The molecule has 3 rings (SSSR count). The van der Waals surface area contributed by atoms with E-state index in [9.17, 15) is 0 Å². The number of aryl methyl sites for hydroxylation is 1. The second-order valence-electron chi connectivity index (χ2n) is 5.74. The molecule has 3 nitrogen and oxygen atoms in total. The van der Waals surface area contributed by atoms with Gasteiger partial charge >= 0.3 is 0 Å². The van der Waals surface area contributed by atoms with Gasteiger partial charge in [-0.25, -0.2) is 0 Å². The first-order valence-electron chi connectivity index (χ1n) is 7.61. The summed E-state index contributed by atoms with van der Waals surface area (Å²) in [5.41, 5.74) is 2.68. The van der Waals surface area contributed by atoms with Crippen LogP contribution in [-0.4, -0.2) is 9.78 Å². The highest BCUT2D eigenvalue weighted by atomic mass is 15.3. The maximum atomic E-state index is 4.37. The van der Waals surface area contributed by atoms with Crippen molar-refractivity contribution >= 4 is 0 Å². The summed E-state index contributed by atoms with van der Waals surface area (Å²) in [7, 11) is 0. The second kappa shape index (κ2) is 5.80. The molecule has 1 aromatic carbocycles. The van der Waals surface area contributed by atoms with E-state index in [-0.39, 0.29) is 0 Å². The highest BCUT2D eigenvalue weighted by molar-refractivity contribution is 5.22. The van der Waals surface area contributed by atoms with Crippen LogP contribution < -0.4 is 5.32 Å². The molecule has 1 aliphatic rings. The van der Waals surface area contributed by atoms with Crippen LogP contribution >= 0.6 is 0 Å². The zero-order valence-corrected chi connectivity index (χ0v) is 12.3. The van der Waals surface area contributed by atoms with Crippen LogP contribution in [0.4, 0.5) is 0 Å². The summed E-state index contributed by atoms with van der Waals surface area (Å²) in [5, 5.41) is 8.17. The zero-order chi connectivity index (χ0) is 13.9. The first-order valence-corrected chi connectivity index (χ1v) is 7.61. The van der Waals surface area contributed by atoms with Crippen LogP contribution in [0, 0.1) is 5.92 Å². The molecule has 2 aromatic rings. The average molecular weight is 269 g/mol. The van der Waals surface area contributed by atoms with Crippen molar-refractivity contribution in [1.29, 1.82) is 0 Å². The van der Waals surface area contributed by atoms with Crippen molar-refractivity contribution in [1.82, 2.24) is 15.1 Å². The van der Waals surface area contributed by atoms with E-state index in [1.807, 2.05) is 10.9 Å². The van der Waals surface area contributed by atoms with E-state index in [1.54, 1.807) is 0 Å².